The second-order valence-electron chi connectivity index (χ2n) is 6.46. The van der Waals surface area contributed by atoms with Crippen LogP contribution in [-0.2, 0) is 8.85 Å². The standard InChI is InChI=1S/C20H36O2Si/c1-4-5-6-7-8-9-10-11-12-16-19-23(21-2,22-3)20-17-14-13-15-18-20/h13-15,17-18H,4-12,16,19H2,1-3H3. The highest BCUT2D eigenvalue weighted by molar-refractivity contribution is 6.81. The Balaban J connectivity index is 2.19. The van der Waals surface area contributed by atoms with E-state index in [1.54, 1.807) is 14.2 Å². The van der Waals surface area contributed by atoms with Gasteiger partial charge in [0, 0.05) is 14.2 Å². The fraction of sp³-hybridized carbons (Fsp3) is 0.700. The van der Waals surface area contributed by atoms with Gasteiger partial charge in [0.25, 0.3) is 0 Å². The Hall–Kier alpha value is -0.643. The smallest absolute Gasteiger partial charge is 0.371 e. The molecule has 2 nitrogen and oxygen atoms in total. The summed E-state index contributed by atoms with van der Waals surface area (Å²) in [5.41, 5.74) is 0. The maximum atomic E-state index is 5.87. The Morgan fingerprint density at radius 2 is 1.17 bits per heavy atom. The first-order valence-electron chi connectivity index (χ1n) is 9.45. The molecular weight excluding hydrogens is 300 g/mol. The summed E-state index contributed by atoms with van der Waals surface area (Å²) >= 11 is 0. The number of unbranched alkanes of at least 4 members (excludes halogenated alkanes) is 9. The van der Waals surface area contributed by atoms with Crippen LogP contribution in [0.25, 0.3) is 0 Å². The van der Waals surface area contributed by atoms with Crippen LogP contribution in [-0.4, -0.2) is 22.8 Å². The van der Waals surface area contributed by atoms with Gasteiger partial charge in [0.05, 0.1) is 0 Å². The Kier molecular flexibility index (Phi) is 11.3. The van der Waals surface area contributed by atoms with Crippen molar-refractivity contribution in [2.45, 2.75) is 77.2 Å². The van der Waals surface area contributed by atoms with Crippen LogP contribution in [0.15, 0.2) is 30.3 Å². The fourth-order valence-electron chi connectivity index (χ4n) is 3.20. The topological polar surface area (TPSA) is 18.5 Å². The molecule has 0 heterocycles. The van der Waals surface area contributed by atoms with E-state index in [1.807, 2.05) is 0 Å². The van der Waals surface area contributed by atoms with Gasteiger partial charge in [0.2, 0.25) is 0 Å². The summed E-state index contributed by atoms with van der Waals surface area (Å²) in [6, 6.07) is 11.6. The fourth-order valence-corrected chi connectivity index (χ4v) is 5.96. The zero-order valence-corrected chi connectivity index (χ0v) is 16.5. The van der Waals surface area contributed by atoms with E-state index in [1.165, 1.54) is 69.4 Å². The van der Waals surface area contributed by atoms with Crippen molar-refractivity contribution in [1.29, 1.82) is 0 Å². The molecule has 0 atom stereocenters. The van der Waals surface area contributed by atoms with E-state index in [0.29, 0.717) is 0 Å². The lowest BCUT2D eigenvalue weighted by Gasteiger charge is -2.27. The first kappa shape index (κ1) is 20.4. The summed E-state index contributed by atoms with van der Waals surface area (Å²) in [6.45, 7) is 2.28. The summed E-state index contributed by atoms with van der Waals surface area (Å²) < 4.78 is 11.7. The van der Waals surface area contributed by atoms with Gasteiger partial charge in [0.1, 0.15) is 0 Å². The van der Waals surface area contributed by atoms with E-state index in [2.05, 4.69) is 37.3 Å². The van der Waals surface area contributed by atoms with Gasteiger partial charge in [-0.3, -0.25) is 0 Å². The van der Waals surface area contributed by atoms with E-state index in [4.69, 9.17) is 8.85 Å². The molecule has 0 spiro atoms. The zero-order chi connectivity index (χ0) is 16.8. The molecule has 0 aliphatic carbocycles. The van der Waals surface area contributed by atoms with Crippen molar-refractivity contribution in [1.82, 2.24) is 0 Å². The van der Waals surface area contributed by atoms with Crippen molar-refractivity contribution in [3.05, 3.63) is 30.3 Å². The molecule has 0 fully saturated rings. The van der Waals surface area contributed by atoms with Crippen molar-refractivity contribution >= 4 is 13.7 Å². The Morgan fingerprint density at radius 1 is 0.696 bits per heavy atom. The van der Waals surface area contributed by atoms with Crippen LogP contribution in [0.3, 0.4) is 0 Å². The monoisotopic (exact) mass is 336 g/mol. The minimum absolute atomic E-state index is 1.06. The molecule has 0 unspecified atom stereocenters. The highest BCUT2D eigenvalue weighted by atomic mass is 28.4. The van der Waals surface area contributed by atoms with Crippen LogP contribution in [0.1, 0.15) is 71.1 Å². The van der Waals surface area contributed by atoms with Crippen LogP contribution in [0.5, 0.6) is 0 Å². The van der Waals surface area contributed by atoms with Crippen LogP contribution >= 0.6 is 0 Å². The van der Waals surface area contributed by atoms with Crippen molar-refractivity contribution in [3.8, 4) is 0 Å². The predicted molar refractivity (Wildman–Crippen MR) is 102 cm³/mol. The second kappa shape index (κ2) is 12.7. The van der Waals surface area contributed by atoms with Crippen LogP contribution in [0.2, 0.25) is 6.04 Å². The molecular formula is C20H36O2Si. The van der Waals surface area contributed by atoms with Gasteiger partial charge in [0.15, 0.2) is 0 Å². The highest BCUT2D eigenvalue weighted by Crippen LogP contribution is 2.18. The van der Waals surface area contributed by atoms with E-state index >= 15 is 0 Å². The predicted octanol–water partition coefficient (Wildman–Crippen LogP) is 5.55. The Labute approximate surface area is 144 Å². The molecule has 1 aromatic rings. The lowest BCUT2D eigenvalue weighted by Crippen LogP contribution is -2.52. The summed E-state index contributed by atoms with van der Waals surface area (Å²) in [7, 11) is 1.40. The molecule has 0 aliphatic rings. The number of rotatable bonds is 14. The third-order valence-electron chi connectivity index (χ3n) is 4.73. The average molecular weight is 337 g/mol. The molecule has 0 N–H and O–H groups in total. The molecule has 0 bridgehead atoms. The molecule has 1 rings (SSSR count). The van der Waals surface area contributed by atoms with Crippen molar-refractivity contribution in [2.24, 2.45) is 0 Å². The third kappa shape index (κ3) is 7.64. The van der Waals surface area contributed by atoms with Crippen molar-refractivity contribution in [2.75, 3.05) is 14.2 Å². The lowest BCUT2D eigenvalue weighted by molar-refractivity contribution is 0.256. The van der Waals surface area contributed by atoms with Crippen LogP contribution < -0.4 is 5.19 Å². The molecule has 23 heavy (non-hydrogen) atoms. The molecule has 0 radical (unpaired) electrons. The van der Waals surface area contributed by atoms with E-state index in [9.17, 15) is 0 Å². The normalized spacial score (nSPS) is 11.8. The lowest BCUT2D eigenvalue weighted by atomic mass is 10.1. The van der Waals surface area contributed by atoms with Gasteiger partial charge in [-0.15, -0.1) is 0 Å². The number of hydrogen-bond acceptors (Lipinski definition) is 2. The Morgan fingerprint density at radius 3 is 1.65 bits per heavy atom. The average Bonchev–Trinajstić information content (AvgIpc) is 2.61. The highest BCUT2D eigenvalue weighted by Gasteiger charge is 2.37. The van der Waals surface area contributed by atoms with Crippen molar-refractivity contribution < 1.29 is 8.85 Å². The quantitative estimate of drug-likeness (QED) is 0.327. The summed E-state index contributed by atoms with van der Waals surface area (Å²) in [4.78, 5) is 0. The van der Waals surface area contributed by atoms with E-state index < -0.39 is 8.56 Å². The maximum Gasteiger partial charge on any atom is 0.371 e. The molecule has 1 aromatic carbocycles. The molecule has 132 valence electrons. The van der Waals surface area contributed by atoms with Gasteiger partial charge in [-0.25, -0.2) is 0 Å². The third-order valence-corrected chi connectivity index (χ3v) is 8.28. The zero-order valence-electron chi connectivity index (χ0n) is 15.5. The maximum absolute atomic E-state index is 5.87. The number of hydrogen-bond donors (Lipinski definition) is 0. The summed E-state index contributed by atoms with van der Waals surface area (Å²) in [5, 5.41) is 1.25. The first-order chi connectivity index (χ1) is 11.3. The van der Waals surface area contributed by atoms with Gasteiger partial charge in [-0.1, -0.05) is 101 Å². The SMILES string of the molecule is CCCCCCCCCCCC[Si](OC)(OC)c1ccccc1. The summed E-state index contributed by atoms with van der Waals surface area (Å²) in [5.74, 6) is 0. The van der Waals surface area contributed by atoms with E-state index in [0.717, 1.165) is 6.04 Å². The van der Waals surface area contributed by atoms with Crippen LogP contribution in [0.4, 0.5) is 0 Å². The van der Waals surface area contributed by atoms with Gasteiger partial charge in [-0.05, 0) is 11.2 Å². The summed E-state index contributed by atoms with van der Waals surface area (Å²) in [6.07, 6.45) is 13.6. The van der Waals surface area contributed by atoms with Gasteiger partial charge in [-0.2, -0.15) is 0 Å². The van der Waals surface area contributed by atoms with Gasteiger partial charge < -0.3 is 8.85 Å². The Bertz CT molecular complexity index is 376. The molecule has 3 heteroatoms. The van der Waals surface area contributed by atoms with Gasteiger partial charge >= 0.3 is 8.56 Å². The minimum atomic E-state index is -2.21. The second-order valence-corrected chi connectivity index (χ2v) is 9.86. The number of benzene rings is 1. The van der Waals surface area contributed by atoms with Crippen LogP contribution in [0, 0.1) is 0 Å². The largest absolute Gasteiger partial charge is 0.394 e. The first-order valence-corrected chi connectivity index (χ1v) is 11.5. The molecule has 0 saturated heterocycles. The molecule has 0 amide bonds. The minimum Gasteiger partial charge on any atom is -0.394 e. The molecule has 0 aliphatic heterocycles. The molecule has 0 aromatic heterocycles. The van der Waals surface area contributed by atoms with Crippen molar-refractivity contribution in [3.63, 3.8) is 0 Å². The molecule has 0 saturated carbocycles. The van der Waals surface area contributed by atoms with E-state index in [-0.39, 0.29) is 0 Å².